The number of nitrogens with one attached hydrogen (secondary N) is 1. The fourth-order valence-electron chi connectivity index (χ4n) is 2.28. The molecule has 0 saturated heterocycles. The van der Waals surface area contributed by atoms with Gasteiger partial charge < -0.3 is 15.0 Å². The number of benzene rings is 1. The van der Waals surface area contributed by atoms with Crippen LogP contribution in [-0.4, -0.2) is 34.3 Å². The smallest absolute Gasteiger partial charge is 0.244 e. The molecule has 0 fully saturated rings. The number of nitrogens with zero attached hydrogens (tertiary/aromatic N) is 2. The van der Waals surface area contributed by atoms with Crippen LogP contribution in [0.3, 0.4) is 0 Å². The van der Waals surface area contributed by atoms with Crippen molar-refractivity contribution in [2.24, 2.45) is 0 Å². The molecule has 2 rings (SSSR count). The van der Waals surface area contributed by atoms with Crippen molar-refractivity contribution < 1.29 is 14.3 Å². The molecule has 1 N–H and O–H groups in total. The summed E-state index contributed by atoms with van der Waals surface area (Å²) in [5, 5.41) is 2.82. The van der Waals surface area contributed by atoms with Gasteiger partial charge in [0.1, 0.15) is 12.3 Å². The maximum Gasteiger partial charge on any atom is 0.244 e. The molecule has 0 saturated carbocycles. The van der Waals surface area contributed by atoms with Crippen molar-refractivity contribution >= 4 is 17.5 Å². The van der Waals surface area contributed by atoms with Crippen molar-refractivity contribution in [2.75, 3.05) is 11.9 Å². The number of rotatable bonds is 7. The maximum atomic E-state index is 12.4. The second-order valence-electron chi connectivity index (χ2n) is 5.94. The molecule has 6 heteroatoms. The van der Waals surface area contributed by atoms with Gasteiger partial charge >= 0.3 is 0 Å². The fourth-order valence-corrected chi connectivity index (χ4v) is 2.28. The predicted octanol–water partition coefficient (Wildman–Crippen LogP) is 2.86. The lowest BCUT2D eigenvalue weighted by Gasteiger charge is -2.21. The molecule has 0 spiro atoms. The van der Waals surface area contributed by atoms with Crippen LogP contribution in [0.2, 0.25) is 0 Å². The third-order valence-corrected chi connectivity index (χ3v) is 3.43. The van der Waals surface area contributed by atoms with Gasteiger partial charge in [0.15, 0.2) is 0 Å². The Bertz CT molecular complexity index is 717. The molecule has 0 unspecified atom stereocenters. The van der Waals surface area contributed by atoms with Crippen molar-refractivity contribution in [1.29, 1.82) is 0 Å². The highest BCUT2D eigenvalue weighted by molar-refractivity contribution is 5.95. The van der Waals surface area contributed by atoms with Crippen molar-refractivity contribution in [3.63, 3.8) is 0 Å². The Balaban J connectivity index is 2.03. The molecular weight excluding hydrogens is 318 g/mol. The van der Waals surface area contributed by atoms with Crippen LogP contribution < -0.4 is 10.1 Å². The van der Waals surface area contributed by atoms with E-state index in [4.69, 9.17) is 4.74 Å². The van der Waals surface area contributed by atoms with Gasteiger partial charge in [0.2, 0.25) is 11.8 Å². The molecule has 2 aromatic rings. The molecule has 0 radical (unpaired) electrons. The number of hydrogen-bond acceptors (Lipinski definition) is 4. The first kappa shape index (κ1) is 18.4. The van der Waals surface area contributed by atoms with E-state index in [1.165, 1.54) is 11.8 Å². The SMILES string of the molecule is CC(=O)N(CC(=O)Nc1ccccc1OC(C)C)Cc1ccncc1. The van der Waals surface area contributed by atoms with Crippen LogP contribution in [0.25, 0.3) is 0 Å². The molecule has 0 aliphatic carbocycles. The van der Waals surface area contributed by atoms with Crippen LogP contribution >= 0.6 is 0 Å². The molecule has 2 amide bonds. The number of amides is 2. The highest BCUT2D eigenvalue weighted by Gasteiger charge is 2.16. The van der Waals surface area contributed by atoms with Crippen molar-refractivity contribution in [1.82, 2.24) is 9.88 Å². The number of para-hydroxylation sites is 2. The average Bonchev–Trinajstić information content (AvgIpc) is 2.56. The zero-order valence-corrected chi connectivity index (χ0v) is 14.7. The molecule has 0 aliphatic rings. The van der Waals surface area contributed by atoms with E-state index in [2.05, 4.69) is 10.3 Å². The Morgan fingerprint density at radius 1 is 1.16 bits per heavy atom. The van der Waals surface area contributed by atoms with Gasteiger partial charge in [0.05, 0.1) is 11.8 Å². The Hall–Kier alpha value is -2.89. The summed E-state index contributed by atoms with van der Waals surface area (Å²) in [5.74, 6) is 0.164. The van der Waals surface area contributed by atoms with E-state index >= 15 is 0 Å². The minimum absolute atomic E-state index is 0.00143. The number of ether oxygens (including phenoxy) is 1. The van der Waals surface area contributed by atoms with Gasteiger partial charge in [-0.1, -0.05) is 12.1 Å². The van der Waals surface area contributed by atoms with Gasteiger partial charge in [-0.3, -0.25) is 14.6 Å². The third-order valence-electron chi connectivity index (χ3n) is 3.43. The number of hydrogen-bond donors (Lipinski definition) is 1. The first-order valence-electron chi connectivity index (χ1n) is 8.15. The van der Waals surface area contributed by atoms with Crippen LogP contribution in [0.15, 0.2) is 48.8 Å². The second-order valence-corrected chi connectivity index (χ2v) is 5.94. The normalized spacial score (nSPS) is 10.4. The molecule has 0 atom stereocenters. The standard InChI is InChI=1S/C19H23N3O3/c1-14(2)25-18-7-5-4-6-17(18)21-19(24)13-22(15(3)23)12-16-8-10-20-11-9-16/h4-11,14H,12-13H2,1-3H3,(H,21,24). The van der Waals surface area contributed by atoms with E-state index in [9.17, 15) is 9.59 Å². The highest BCUT2D eigenvalue weighted by atomic mass is 16.5. The van der Waals surface area contributed by atoms with Crippen LogP contribution in [0, 0.1) is 0 Å². The molecule has 0 bridgehead atoms. The van der Waals surface area contributed by atoms with E-state index in [-0.39, 0.29) is 24.5 Å². The molecule has 132 valence electrons. The molecule has 6 nitrogen and oxygen atoms in total. The summed E-state index contributed by atoms with van der Waals surface area (Å²) in [6.07, 6.45) is 3.32. The predicted molar refractivity (Wildman–Crippen MR) is 96.2 cm³/mol. The van der Waals surface area contributed by atoms with Crippen molar-refractivity contribution in [3.05, 3.63) is 54.4 Å². The lowest BCUT2D eigenvalue weighted by molar-refractivity contribution is -0.133. The summed E-state index contributed by atoms with van der Waals surface area (Å²) in [6, 6.07) is 10.9. The topological polar surface area (TPSA) is 71.5 Å². The Labute approximate surface area is 147 Å². The van der Waals surface area contributed by atoms with Gasteiger partial charge in [-0.05, 0) is 43.7 Å². The second kappa shape index (κ2) is 8.82. The number of carbonyl (C=O) groups excluding carboxylic acids is 2. The van der Waals surface area contributed by atoms with E-state index in [0.717, 1.165) is 5.56 Å². The lowest BCUT2D eigenvalue weighted by atomic mass is 10.2. The summed E-state index contributed by atoms with van der Waals surface area (Å²) in [6.45, 7) is 5.61. The van der Waals surface area contributed by atoms with Crippen LogP contribution in [0.5, 0.6) is 5.75 Å². The van der Waals surface area contributed by atoms with E-state index < -0.39 is 0 Å². The fraction of sp³-hybridized carbons (Fsp3) is 0.316. The molecule has 1 heterocycles. The zero-order valence-electron chi connectivity index (χ0n) is 14.7. The summed E-state index contributed by atoms with van der Waals surface area (Å²) < 4.78 is 5.69. The van der Waals surface area contributed by atoms with Crippen molar-refractivity contribution in [3.8, 4) is 5.75 Å². The lowest BCUT2D eigenvalue weighted by Crippen LogP contribution is -2.36. The quantitative estimate of drug-likeness (QED) is 0.840. The van der Waals surface area contributed by atoms with Gasteiger partial charge in [0, 0.05) is 25.9 Å². The van der Waals surface area contributed by atoms with Gasteiger partial charge in [-0.25, -0.2) is 0 Å². The molecule has 1 aromatic carbocycles. The molecule has 1 aromatic heterocycles. The molecule has 0 aliphatic heterocycles. The van der Waals surface area contributed by atoms with Crippen LogP contribution in [0.1, 0.15) is 26.3 Å². The van der Waals surface area contributed by atoms with Crippen LogP contribution in [0.4, 0.5) is 5.69 Å². The number of carbonyl (C=O) groups is 2. The average molecular weight is 341 g/mol. The van der Waals surface area contributed by atoms with Gasteiger partial charge in [0.25, 0.3) is 0 Å². The van der Waals surface area contributed by atoms with Crippen molar-refractivity contribution in [2.45, 2.75) is 33.4 Å². The largest absolute Gasteiger partial charge is 0.489 e. The number of anilines is 1. The summed E-state index contributed by atoms with van der Waals surface area (Å²) >= 11 is 0. The van der Waals surface area contributed by atoms with Gasteiger partial charge in [-0.2, -0.15) is 0 Å². The third kappa shape index (κ3) is 5.91. The minimum Gasteiger partial charge on any atom is -0.489 e. The molecule has 25 heavy (non-hydrogen) atoms. The summed E-state index contributed by atoms with van der Waals surface area (Å²) in [7, 11) is 0. The molecular formula is C19H23N3O3. The zero-order chi connectivity index (χ0) is 18.2. The Kier molecular flexibility index (Phi) is 6.51. The van der Waals surface area contributed by atoms with E-state index in [0.29, 0.717) is 18.0 Å². The number of pyridine rings is 1. The van der Waals surface area contributed by atoms with Gasteiger partial charge in [-0.15, -0.1) is 0 Å². The summed E-state index contributed by atoms with van der Waals surface area (Å²) in [4.78, 5) is 29.7. The van der Waals surface area contributed by atoms with Crippen LogP contribution in [-0.2, 0) is 16.1 Å². The first-order valence-corrected chi connectivity index (χ1v) is 8.15. The number of aromatic nitrogens is 1. The minimum atomic E-state index is -0.274. The maximum absolute atomic E-state index is 12.4. The van der Waals surface area contributed by atoms with E-state index in [1.54, 1.807) is 24.5 Å². The Morgan fingerprint density at radius 3 is 2.48 bits per heavy atom. The van der Waals surface area contributed by atoms with E-state index in [1.807, 2.05) is 38.1 Å². The monoisotopic (exact) mass is 341 g/mol. The summed E-state index contributed by atoms with van der Waals surface area (Å²) in [5.41, 5.74) is 1.51. The Morgan fingerprint density at radius 2 is 1.84 bits per heavy atom. The first-order chi connectivity index (χ1) is 12.0. The highest BCUT2D eigenvalue weighted by Crippen LogP contribution is 2.24.